The number of nitrogens with zero attached hydrogens (tertiary/aromatic N) is 1. The van der Waals surface area contributed by atoms with Gasteiger partial charge in [0.25, 0.3) is 11.8 Å². The van der Waals surface area contributed by atoms with Crippen molar-refractivity contribution in [2.45, 2.75) is 43.8 Å². The van der Waals surface area contributed by atoms with Crippen LogP contribution in [0, 0.1) is 0 Å². The zero-order chi connectivity index (χ0) is 19.7. The number of anilines is 1. The fraction of sp³-hybridized carbons (Fsp3) is 0.429. The van der Waals surface area contributed by atoms with Crippen molar-refractivity contribution in [1.29, 1.82) is 0 Å². The number of thiophene rings is 1. The van der Waals surface area contributed by atoms with E-state index in [0.717, 1.165) is 12.8 Å². The lowest BCUT2D eigenvalue weighted by atomic mass is 9.98. The third kappa shape index (κ3) is 3.91. The van der Waals surface area contributed by atoms with Crippen molar-refractivity contribution in [1.82, 2.24) is 10.2 Å². The average Bonchev–Trinajstić information content (AvgIpc) is 3.32. The summed E-state index contributed by atoms with van der Waals surface area (Å²) in [5, 5.41) is 7.15. The quantitative estimate of drug-likeness (QED) is 0.809. The van der Waals surface area contributed by atoms with Gasteiger partial charge in [-0.3, -0.25) is 9.59 Å². The highest BCUT2D eigenvalue weighted by atomic mass is 32.1. The van der Waals surface area contributed by atoms with Crippen LogP contribution in [0.25, 0.3) is 0 Å². The molecule has 2 saturated heterocycles. The van der Waals surface area contributed by atoms with Crippen LogP contribution in [0.2, 0.25) is 0 Å². The van der Waals surface area contributed by atoms with Gasteiger partial charge >= 0.3 is 0 Å². The van der Waals surface area contributed by atoms with Gasteiger partial charge in [-0.15, -0.1) is 11.3 Å². The predicted molar refractivity (Wildman–Crippen MR) is 110 cm³/mol. The van der Waals surface area contributed by atoms with Gasteiger partial charge in [-0.25, -0.2) is 0 Å². The third-order valence-electron chi connectivity index (χ3n) is 5.72. The maximum absolute atomic E-state index is 12.9. The van der Waals surface area contributed by atoms with Gasteiger partial charge < -0.3 is 20.3 Å². The summed E-state index contributed by atoms with van der Waals surface area (Å²) in [5.41, 5.74) is 0.546. The zero-order valence-electron chi connectivity index (χ0n) is 16.1. The molecule has 1 aromatic heterocycles. The second kappa shape index (κ2) is 7.93. The lowest BCUT2D eigenvalue weighted by molar-refractivity contribution is 0.0686. The Bertz CT molecular complexity index is 852. The average molecular weight is 400 g/mol. The Labute approximate surface area is 168 Å². The van der Waals surface area contributed by atoms with Crippen molar-refractivity contribution < 1.29 is 14.3 Å². The molecule has 7 heteroatoms. The fourth-order valence-corrected chi connectivity index (χ4v) is 5.01. The van der Waals surface area contributed by atoms with Crippen molar-refractivity contribution >= 4 is 28.2 Å². The van der Waals surface area contributed by atoms with Gasteiger partial charge in [0.05, 0.1) is 17.0 Å². The number of benzene rings is 1. The molecule has 1 aromatic carbocycles. The molecule has 2 aromatic rings. The van der Waals surface area contributed by atoms with Gasteiger partial charge in [-0.05, 0) is 62.1 Å². The first-order valence-corrected chi connectivity index (χ1v) is 10.4. The summed E-state index contributed by atoms with van der Waals surface area (Å²) >= 11 is 1.32. The topological polar surface area (TPSA) is 70.7 Å². The molecule has 6 nitrogen and oxygen atoms in total. The molecule has 0 saturated carbocycles. The highest BCUT2D eigenvalue weighted by Gasteiger charge is 2.36. The van der Waals surface area contributed by atoms with Crippen molar-refractivity contribution in [2.24, 2.45) is 0 Å². The highest BCUT2D eigenvalue weighted by Crippen LogP contribution is 2.31. The van der Waals surface area contributed by atoms with Crippen molar-refractivity contribution in [3.8, 4) is 5.75 Å². The minimum atomic E-state index is -0.202. The summed E-state index contributed by atoms with van der Waals surface area (Å²) in [5.74, 6) is 0.531. The summed E-state index contributed by atoms with van der Waals surface area (Å²) in [7, 11) is 3.48. The molecule has 0 spiro atoms. The van der Waals surface area contributed by atoms with E-state index in [1.54, 1.807) is 43.5 Å². The van der Waals surface area contributed by atoms with E-state index >= 15 is 0 Å². The van der Waals surface area contributed by atoms with Crippen LogP contribution in [0.15, 0.2) is 36.4 Å². The van der Waals surface area contributed by atoms with Gasteiger partial charge in [0.2, 0.25) is 0 Å². The van der Waals surface area contributed by atoms with E-state index in [1.807, 2.05) is 11.9 Å². The highest BCUT2D eigenvalue weighted by molar-refractivity contribution is 7.18. The largest absolute Gasteiger partial charge is 0.497 e. The van der Waals surface area contributed by atoms with E-state index in [2.05, 4.69) is 10.6 Å². The Kier molecular flexibility index (Phi) is 5.37. The van der Waals surface area contributed by atoms with Gasteiger partial charge in [0.15, 0.2) is 0 Å². The molecule has 2 aliphatic heterocycles. The number of carbonyl (C=O) groups is 2. The Morgan fingerprint density at radius 3 is 2.43 bits per heavy atom. The minimum Gasteiger partial charge on any atom is -0.497 e. The van der Waals surface area contributed by atoms with E-state index in [-0.39, 0.29) is 17.9 Å². The molecule has 3 heterocycles. The molecule has 2 N–H and O–H groups in total. The summed E-state index contributed by atoms with van der Waals surface area (Å²) in [6, 6.07) is 11.9. The van der Waals surface area contributed by atoms with Gasteiger partial charge in [0.1, 0.15) is 5.75 Å². The summed E-state index contributed by atoms with van der Waals surface area (Å²) < 4.78 is 5.11. The van der Waals surface area contributed by atoms with Crippen LogP contribution in [-0.2, 0) is 0 Å². The minimum absolute atomic E-state index is 0.0289. The Balaban J connectivity index is 1.39. The van der Waals surface area contributed by atoms with Crippen LogP contribution in [0.4, 0.5) is 5.00 Å². The first-order chi connectivity index (χ1) is 13.5. The first-order valence-electron chi connectivity index (χ1n) is 9.62. The van der Waals surface area contributed by atoms with E-state index < -0.39 is 0 Å². The Hall–Kier alpha value is -2.38. The SMILES string of the molecule is COc1ccc(C(=O)Nc2ccc(C(=O)N(C)C3CC4CCC(C3)N4)s2)cc1. The van der Waals surface area contributed by atoms with E-state index in [9.17, 15) is 9.59 Å². The molecule has 148 valence electrons. The van der Waals surface area contributed by atoms with Crippen molar-refractivity contribution in [2.75, 3.05) is 19.5 Å². The number of fused-ring (bicyclic) bond motifs is 2. The van der Waals surface area contributed by atoms with Crippen LogP contribution >= 0.6 is 11.3 Å². The van der Waals surface area contributed by atoms with Crippen LogP contribution in [-0.4, -0.2) is 49.0 Å². The summed E-state index contributed by atoms with van der Waals surface area (Å²) in [4.78, 5) is 27.8. The van der Waals surface area contributed by atoms with Gasteiger partial charge in [0, 0.05) is 30.7 Å². The standard InChI is InChI=1S/C21H25N3O3S/c1-24(16-11-14-5-6-15(12-16)22-14)21(26)18-9-10-19(28-18)23-20(25)13-3-7-17(27-2)8-4-13/h3-4,7-10,14-16,22H,5-6,11-12H2,1-2H3,(H,23,25). The summed E-state index contributed by atoms with van der Waals surface area (Å²) in [6.07, 6.45) is 4.46. The molecule has 2 bridgehead atoms. The fourth-order valence-electron chi connectivity index (χ4n) is 4.13. The molecule has 0 aliphatic carbocycles. The smallest absolute Gasteiger partial charge is 0.263 e. The number of rotatable bonds is 5. The number of amides is 2. The predicted octanol–water partition coefficient (Wildman–Crippen LogP) is 3.36. The van der Waals surface area contributed by atoms with Crippen molar-refractivity contribution in [3.63, 3.8) is 0 Å². The molecule has 4 rings (SSSR count). The normalized spacial score (nSPS) is 23.3. The molecular formula is C21H25N3O3S. The van der Waals surface area contributed by atoms with Crippen LogP contribution in [0.1, 0.15) is 45.7 Å². The Morgan fingerprint density at radius 2 is 1.79 bits per heavy atom. The maximum Gasteiger partial charge on any atom is 0.263 e. The number of carbonyl (C=O) groups excluding carboxylic acids is 2. The second-order valence-corrected chi connectivity index (χ2v) is 8.61. The molecule has 2 amide bonds. The third-order valence-corrected chi connectivity index (χ3v) is 6.71. The van der Waals surface area contributed by atoms with E-state index in [0.29, 0.717) is 33.3 Å². The Morgan fingerprint density at radius 1 is 1.11 bits per heavy atom. The second-order valence-electron chi connectivity index (χ2n) is 7.53. The molecule has 2 aliphatic rings. The van der Waals surface area contributed by atoms with E-state index in [1.165, 1.54) is 24.2 Å². The maximum atomic E-state index is 12.9. The number of nitrogens with one attached hydrogen (secondary N) is 2. The van der Waals surface area contributed by atoms with Crippen molar-refractivity contribution in [3.05, 3.63) is 46.8 Å². The molecule has 2 unspecified atom stereocenters. The van der Waals surface area contributed by atoms with Crippen LogP contribution in [0.3, 0.4) is 0 Å². The summed E-state index contributed by atoms with van der Waals surface area (Å²) in [6.45, 7) is 0. The van der Waals surface area contributed by atoms with Gasteiger partial charge in [-0.1, -0.05) is 0 Å². The van der Waals surface area contributed by atoms with E-state index in [4.69, 9.17) is 4.74 Å². The molecular weight excluding hydrogens is 374 g/mol. The number of methoxy groups -OCH3 is 1. The lowest BCUT2D eigenvalue weighted by Gasteiger charge is -2.35. The van der Waals surface area contributed by atoms with Gasteiger partial charge in [-0.2, -0.15) is 0 Å². The molecule has 28 heavy (non-hydrogen) atoms. The number of hydrogen-bond donors (Lipinski definition) is 2. The van der Waals surface area contributed by atoms with Crippen LogP contribution in [0.5, 0.6) is 5.75 Å². The first kappa shape index (κ1) is 19.0. The lowest BCUT2D eigenvalue weighted by Crippen LogP contribution is -2.48. The molecule has 0 radical (unpaired) electrons. The molecule has 2 fully saturated rings. The number of hydrogen-bond acceptors (Lipinski definition) is 5. The molecule has 2 atom stereocenters. The number of ether oxygens (including phenoxy) is 1. The van der Waals surface area contributed by atoms with Crippen LogP contribution < -0.4 is 15.4 Å². The zero-order valence-corrected chi connectivity index (χ0v) is 16.9. The monoisotopic (exact) mass is 399 g/mol. The number of piperidine rings is 1.